The van der Waals surface area contributed by atoms with Gasteiger partial charge in [-0.3, -0.25) is 5.32 Å². The minimum atomic E-state index is -3.23. The topological polar surface area (TPSA) is 82.6 Å². The van der Waals surface area contributed by atoms with Crippen molar-refractivity contribution in [3.05, 3.63) is 36.5 Å². The Morgan fingerprint density at radius 1 is 1.14 bits per heavy atom. The fourth-order valence-corrected chi connectivity index (χ4v) is 5.43. The van der Waals surface area contributed by atoms with E-state index in [1.807, 2.05) is 30.3 Å². The van der Waals surface area contributed by atoms with Crippen molar-refractivity contribution in [3.8, 4) is 10.4 Å². The molecule has 1 N–H and O–H groups in total. The van der Waals surface area contributed by atoms with Crippen LogP contribution in [0.2, 0.25) is 0 Å². The second-order valence-corrected chi connectivity index (χ2v) is 9.85. The van der Waals surface area contributed by atoms with Gasteiger partial charge in [0.05, 0.1) is 10.6 Å². The van der Waals surface area contributed by atoms with Crippen molar-refractivity contribution in [2.75, 3.05) is 37.2 Å². The van der Waals surface area contributed by atoms with Crippen molar-refractivity contribution in [2.24, 2.45) is 0 Å². The summed E-state index contributed by atoms with van der Waals surface area (Å²) in [5.41, 5.74) is 1.06. The molecule has 2 heterocycles. The third kappa shape index (κ3) is 5.30. The van der Waals surface area contributed by atoms with Gasteiger partial charge >= 0.3 is 6.03 Å². The zero-order valence-electron chi connectivity index (χ0n) is 16.0. The lowest BCUT2D eigenvalue weighted by atomic mass is 10.2. The van der Waals surface area contributed by atoms with Crippen LogP contribution in [0.4, 0.5) is 9.93 Å². The zero-order valence-corrected chi connectivity index (χ0v) is 17.6. The summed E-state index contributed by atoms with van der Waals surface area (Å²) in [5, 5.41) is 3.36. The number of aromatic nitrogens is 1. The number of sulfonamides is 1. The van der Waals surface area contributed by atoms with Gasteiger partial charge in [-0.05, 0) is 12.0 Å². The monoisotopic (exact) mass is 422 g/mol. The smallest absolute Gasteiger partial charge is 0.322 e. The molecule has 0 atom stereocenters. The summed E-state index contributed by atoms with van der Waals surface area (Å²) >= 11 is 1.42. The molecule has 28 heavy (non-hydrogen) atoms. The van der Waals surface area contributed by atoms with Crippen LogP contribution in [-0.2, 0) is 10.0 Å². The van der Waals surface area contributed by atoms with Gasteiger partial charge in [-0.15, -0.1) is 0 Å². The van der Waals surface area contributed by atoms with Gasteiger partial charge in [0.1, 0.15) is 0 Å². The molecule has 0 spiro atoms. The van der Waals surface area contributed by atoms with E-state index in [0.29, 0.717) is 37.7 Å². The average Bonchev–Trinajstić information content (AvgIpc) is 3.17. The van der Waals surface area contributed by atoms with Crippen LogP contribution < -0.4 is 5.32 Å². The Hall–Kier alpha value is -1.97. The Balaban J connectivity index is 1.51. The molecule has 2 amide bonds. The molecule has 1 aromatic heterocycles. The summed E-state index contributed by atoms with van der Waals surface area (Å²) in [6.45, 7) is 3.50. The van der Waals surface area contributed by atoms with E-state index < -0.39 is 10.0 Å². The highest BCUT2D eigenvalue weighted by Gasteiger charge is 2.28. The van der Waals surface area contributed by atoms with Crippen molar-refractivity contribution in [1.82, 2.24) is 14.2 Å². The van der Waals surface area contributed by atoms with Gasteiger partial charge in [-0.25, -0.2) is 18.2 Å². The highest BCUT2D eigenvalue weighted by molar-refractivity contribution is 7.89. The van der Waals surface area contributed by atoms with E-state index in [0.717, 1.165) is 23.3 Å². The van der Waals surface area contributed by atoms with Gasteiger partial charge in [0.2, 0.25) is 10.0 Å². The van der Waals surface area contributed by atoms with Gasteiger partial charge in [0.25, 0.3) is 0 Å². The first-order valence-corrected chi connectivity index (χ1v) is 12.0. The molecule has 1 saturated heterocycles. The van der Waals surface area contributed by atoms with Gasteiger partial charge in [0.15, 0.2) is 5.13 Å². The standard InChI is InChI=1S/C19H26N4O3S2/c1-2-3-7-14-28(25,26)23-12-10-22(11-13-23)19(24)21-18-20-15-17(27-18)16-8-5-4-6-9-16/h4-6,8-9,15H,2-3,7,10-14H2,1H3,(H,20,21,24). The number of nitrogens with one attached hydrogen (secondary N) is 1. The van der Waals surface area contributed by atoms with Gasteiger partial charge < -0.3 is 4.90 Å². The van der Waals surface area contributed by atoms with Crippen LogP contribution in [0.25, 0.3) is 10.4 Å². The minimum absolute atomic E-state index is 0.189. The summed E-state index contributed by atoms with van der Waals surface area (Å²) in [4.78, 5) is 19.4. The third-order valence-electron chi connectivity index (χ3n) is 4.70. The van der Waals surface area contributed by atoms with Crippen LogP contribution in [0.15, 0.2) is 36.5 Å². The number of nitrogens with zero attached hydrogens (tertiary/aromatic N) is 3. The molecule has 1 aliphatic heterocycles. The Morgan fingerprint density at radius 2 is 1.86 bits per heavy atom. The number of thiazole rings is 1. The molecule has 9 heteroatoms. The second-order valence-electron chi connectivity index (χ2n) is 6.74. The lowest BCUT2D eigenvalue weighted by molar-refractivity contribution is 0.184. The Bertz CT molecular complexity index is 876. The van der Waals surface area contributed by atoms with Crippen LogP contribution in [0, 0.1) is 0 Å². The Kier molecular flexibility index (Phi) is 7.03. The maximum Gasteiger partial charge on any atom is 0.323 e. The van der Waals surface area contributed by atoms with Crippen LogP contribution in [-0.4, -0.2) is 60.6 Å². The lowest BCUT2D eigenvalue weighted by Crippen LogP contribution is -2.52. The van der Waals surface area contributed by atoms with E-state index in [1.165, 1.54) is 15.6 Å². The molecular formula is C19H26N4O3S2. The summed E-state index contributed by atoms with van der Waals surface area (Å²) in [5.74, 6) is 0.189. The quantitative estimate of drug-likeness (QED) is 0.693. The number of piperazine rings is 1. The van der Waals surface area contributed by atoms with Gasteiger partial charge in [-0.2, -0.15) is 4.31 Å². The number of hydrogen-bond donors (Lipinski definition) is 1. The average molecular weight is 423 g/mol. The van der Waals surface area contributed by atoms with E-state index in [-0.39, 0.29) is 11.8 Å². The Morgan fingerprint density at radius 3 is 2.54 bits per heavy atom. The van der Waals surface area contributed by atoms with Gasteiger partial charge in [0, 0.05) is 32.4 Å². The number of unbranched alkanes of at least 4 members (excludes halogenated alkanes) is 2. The fraction of sp³-hybridized carbons (Fsp3) is 0.474. The maximum absolute atomic E-state index is 12.5. The number of rotatable bonds is 7. The number of anilines is 1. The zero-order chi connectivity index (χ0) is 20.0. The summed E-state index contributed by atoms with van der Waals surface area (Å²) < 4.78 is 26.2. The maximum atomic E-state index is 12.5. The second kappa shape index (κ2) is 9.49. The molecule has 0 bridgehead atoms. The number of carbonyl (C=O) groups excluding carboxylic acids is 1. The normalized spacial score (nSPS) is 15.5. The predicted molar refractivity (Wildman–Crippen MR) is 113 cm³/mol. The molecule has 1 aliphatic rings. The molecule has 0 unspecified atom stereocenters. The molecule has 0 aliphatic carbocycles. The molecule has 152 valence electrons. The van der Waals surface area contributed by atoms with Crippen molar-refractivity contribution in [1.29, 1.82) is 0 Å². The third-order valence-corrected chi connectivity index (χ3v) is 7.62. The van der Waals surface area contributed by atoms with Crippen LogP contribution in [0.1, 0.15) is 26.2 Å². The number of urea groups is 1. The predicted octanol–water partition coefficient (Wildman–Crippen LogP) is 3.48. The number of amides is 2. The van der Waals surface area contributed by atoms with E-state index >= 15 is 0 Å². The molecule has 0 radical (unpaired) electrons. The van der Waals surface area contributed by atoms with Crippen LogP contribution >= 0.6 is 11.3 Å². The van der Waals surface area contributed by atoms with E-state index in [1.54, 1.807) is 11.1 Å². The Labute approximate surface area is 170 Å². The van der Waals surface area contributed by atoms with E-state index in [4.69, 9.17) is 0 Å². The molecule has 0 saturated carbocycles. The summed E-state index contributed by atoms with van der Waals surface area (Å²) in [7, 11) is -3.23. The van der Waals surface area contributed by atoms with E-state index in [2.05, 4.69) is 17.2 Å². The largest absolute Gasteiger partial charge is 0.323 e. The van der Waals surface area contributed by atoms with Crippen molar-refractivity contribution in [2.45, 2.75) is 26.2 Å². The first-order valence-electron chi connectivity index (χ1n) is 9.54. The first-order chi connectivity index (χ1) is 13.5. The first kappa shape index (κ1) is 20.8. The SMILES string of the molecule is CCCCCS(=O)(=O)N1CCN(C(=O)Nc2ncc(-c3ccccc3)s2)CC1. The molecule has 2 aromatic rings. The summed E-state index contributed by atoms with van der Waals surface area (Å²) in [6, 6.07) is 9.64. The van der Waals surface area contributed by atoms with Gasteiger partial charge in [-0.1, -0.05) is 61.4 Å². The molecule has 1 fully saturated rings. The van der Waals surface area contributed by atoms with E-state index in [9.17, 15) is 13.2 Å². The number of benzene rings is 1. The van der Waals surface area contributed by atoms with Crippen molar-refractivity contribution in [3.63, 3.8) is 0 Å². The van der Waals surface area contributed by atoms with Crippen LogP contribution in [0.5, 0.6) is 0 Å². The minimum Gasteiger partial charge on any atom is -0.322 e. The molecule has 3 rings (SSSR count). The number of carbonyl (C=O) groups is 1. The molecule has 1 aromatic carbocycles. The van der Waals surface area contributed by atoms with Crippen molar-refractivity contribution < 1.29 is 13.2 Å². The van der Waals surface area contributed by atoms with Crippen molar-refractivity contribution >= 4 is 32.5 Å². The molecular weight excluding hydrogens is 396 g/mol. The van der Waals surface area contributed by atoms with Crippen LogP contribution in [0.3, 0.4) is 0 Å². The summed E-state index contributed by atoms with van der Waals surface area (Å²) in [6.07, 6.45) is 4.34. The fourth-order valence-electron chi connectivity index (χ4n) is 3.07. The molecule has 7 nitrogen and oxygen atoms in total. The highest BCUT2D eigenvalue weighted by atomic mass is 32.2. The highest BCUT2D eigenvalue weighted by Crippen LogP contribution is 2.28. The number of hydrogen-bond acceptors (Lipinski definition) is 5. The lowest BCUT2D eigenvalue weighted by Gasteiger charge is -2.33.